The van der Waals surface area contributed by atoms with Crippen molar-refractivity contribution in [2.75, 3.05) is 0 Å². The van der Waals surface area contributed by atoms with Crippen LogP contribution in [0.3, 0.4) is 0 Å². The second kappa shape index (κ2) is 4.33. The van der Waals surface area contributed by atoms with Gasteiger partial charge < -0.3 is 14.9 Å². The van der Waals surface area contributed by atoms with Gasteiger partial charge in [0.05, 0.1) is 11.8 Å². The van der Waals surface area contributed by atoms with E-state index in [0.29, 0.717) is 0 Å². The zero-order chi connectivity index (χ0) is 10.8. The molecule has 1 saturated carbocycles. The highest BCUT2D eigenvalue weighted by Gasteiger charge is 2.25. The van der Waals surface area contributed by atoms with Gasteiger partial charge in [-0.3, -0.25) is 0 Å². The van der Waals surface area contributed by atoms with Gasteiger partial charge in [-0.25, -0.2) is 0 Å². The number of nitrogens with one attached hydrogen (secondary N) is 1. The van der Waals surface area contributed by atoms with E-state index in [1.807, 2.05) is 13.8 Å². The van der Waals surface area contributed by atoms with Crippen molar-refractivity contribution in [1.29, 1.82) is 0 Å². The molecule has 15 heavy (non-hydrogen) atoms. The van der Waals surface area contributed by atoms with Crippen molar-refractivity contribution < 1.29 is 9.63 Å². The lowest BCUT2D eigenvalue weighted by Gasteiger charge is -2.15. The maximum atomic E-state index is 9.65. The smallest absolute Gasteiger partial charge is 0.138 e. The first-order valence-corrected chi connectivity index (χ1v) is 5.51. The van der Waals surface area contributed by atoms with Crippen LogP contribution in [-0.2, 0) is 6.54 Å². The number of aromatic nitrogens is 1. The third-order valence-corrected chi connectivity index (χ3v) is 3.20. The molecule has 0 unspecified atom stereocenters. The molecule has 0 saturated heterocycles. The third kappa shape index (κ3) is 2.21. The largest absolute Gasteiger partial charge is 0.392 e. The van der Waals surface area contributed by atoms with Gasteiger partial charge in [-0.1, -0.05) is 5.16 Å². The zero-order valence-corrected chi connectivity index (χ0v) is 9.29. The predicted molar refractivity (Wildman–Crippen MR) is 56.5 cm³/mol. The van der Waals surface area contributed by atoms with Crippen LogP contribution in [0.2, 0.25) is 0 Å². The van der Waals surface area contributed by atoms with Gasteiger partial charge in [0, 0.05) is 18.2 Å². The second-order valence-corrected chi connectivity index (χ2v) is 4.29. The van der Waals surface area contributed by atoms with Gasteiger partial charge in [0.1, 0.15) is 5.76 Å². The number of aliphatic hydroxyl groups excluding tert-OH is 1. The number of rotatable bonds is 3. The summed E-state index contributed by atoms with van der Waals surface area (Å²) in [6.07, 6.45) is 2.90. The Morgan fingerprint density at radius 1 is 1.47 bits per heavy atom. The molecule has 2 N–H and O–H groups in total. The molecule has 0 spiro atoms. The van der Waals surface area contributed by atoms with Gasteiger partial charge in [0.25, 0.3) is 0 Å². The van der Waals surface area contributed by atoms with Crippen LogP contribution in [0.25, 0.3) is 0 Å². The fourth-order valence-electron chi connectivity index (χ4n) is 2.17. The molecule has 1 aromatic heterocycles. The van der Waals surface area contributed by atoms with E-state index in [1.54, 1.807) is 0 Å². The fourth-order valence-corrected chi connectivity index (χ4v) is 2.17. The summed E-state index contributed by atoms with van der Waals surface area (Å²) in [6, 6.07) is 0.235. The van der Waals surface area contributed by atoms with Crippen LogP contribution in [0.5, 0.6) is 0 Å². The van der Waals surface area contributed by atoms with Crippen LogP contribution in [0, 0.1) is 13.8 Å². The maximum absolute atomic E-state index is 9.65. The first-order chi connectivity index (χ1) is 7.18. The molecule has 1 heterocycles. The Hall–Kier alpha value is -0.870. The number of hydrogen-bond acceptors (Lipinski definition) is 4. The molecule has 0 aliphatic heterocycles. The van der Waals surface area contributed by atoms with E-state index in [0.717, 1.165) is 42.8 Å². The monoisotopic (exact) mass is 210 g/mol. The van der Waals surface area contributed by atoms with Crippen molar-refractivity contribution in [2.45, 2.75) is 51.8 Å². The summed E-state index contributed by atoms with van der Waals surface area (Å²) in [5.74, 6) is 0.868. The minimum atomic E-state index is -0.189. The molecule has 1 aromatic rings. The molecule has 1 aliphatic rings. The zero-order valence-electron chi connectivity index (χ0n) is 9.29. The predicted octanol–water partition coefficient (Wildman–Crippen LogP) is 1.29. The average molecular weight is 210 g/mol. The maximum Gasteiger partial charge on any atom is 0.138 e. The Bertz CT molecular complexity index is 316. The summed E-state index contributed by atoms with van der Waals surface area (Å²) >= 11 is 0. The van der Waals surface area contributed by atoms with Crippen molar-refractivity contribution in [3.8, 4) is 0 Å². The quantitative estimate of drug-likeness (QED) is 0.789. The molecule has 0 aromatic carbocycles. The second-order valence-electron chi connectivity index (χ2n) is 4.29. The first-order valence-electron chi connectivity index (χ1n) is 5.51. The lowest BCUT2D eigenvalue weighted by atomic mass is 10.1. The highest BCUT2D eigenvalue weighted by Crippen LogP contribution is 2.20. The van der Waals surface area contributed by atoms with E-state index < -0.39 is 0 Å². The Kier molecular flexibility index (Phi) is 3.07. The number of aryl methyl sites for hydroxylation is 2. The van der Waals surface area contributed by atoms with Crippen molar-refractivity contribution in [3.63, 3.8) is 0 Å². The van der Waals surface area contributed by atoms with E-state index in [1.165, 1.54) is 0 Å². The van der Waals surface area contributed by atoms with Crippen molar-refractivity contribution in [2.24, 2.45) is 0 Å². The number of hydrogen-bond donors (Lipinski definition) is 2. The Labute approximate surface area is 89.7 Å². The van der Waals surface area contributed by atoms with E-state index in [-0.39, 0.29) is 12.1 Å². The van der Waals surface area contributed by atoms with E-state index in [9.17, 15) is 5.11 Å². The standard InChI is InChI=1S/C11H18N2O2/c1-7-9(8(2)15-13-7)6-12-10-4-3-5-11(10)14/h10-12,14H,3-6H2,1-2H3/t10-,11-/m1/s1. The van der Waals surface area contributed by atoms with E-state index in [2.05, 4.69) is 10.5 Å². The summed E-state index contributed by atoms with van der Waals surface area (Å²) < 4.78 is 5.08. The molecule has 4 nitrogen and oxygen atoms in total. The summed E-state index contributed by atoms with van der Waals surface area (Å²) in [4.78, 5) is 0. The fraction of sp³-hybridized carbons (Fsp3) is 0.727. The lowest BCUT2D eigenvalue weighted by Crippen LogP contribution is -2.35. The Morgan fingerprint density at radius 3 is 2.80 bits per heavy atom. The van der Waals surface area contributed by atoms with Crippen LogP contribution in [0.1, 0.15) is 36.3 Å². The summed E-state index contributed by atoms with van der Waals surface area (Å²) in [5, 5.41) is 16.9. The van der Waals surface area contributed by atoms with Crippen molar-refractivity contribution in [3.05, 3.63) is 17.0 Å². The van der Waals surface area contributed by atoms with Crippen LogP contribution >= 0.6 is 0 Å². The molecule has 1 aliphatic carbocycles. The minimum Gasteiger partial charge on any atom is -0.392 e. The van der Waals surface area contributed by atoms with Crippen LogP contribution < -0.4 is 5.32 Å². The van der Waals surface area contributed by atoms with Gasteiger partial charge in [-0.2, -0.15) is 0 Å². The number of nitrogens with zero attached hydrogens (tertiary/aromatic N) is 1. The molecular weight excluding hydrogens is 192 g/mol. The molecule has 4 heteroatoms. The van der Waals surface area contributed by atoms with Gasteiger partial charge >= 0.3 is 0 Å². The summed E-state index contributed by atoms with van der Waals surface area (Å²) in [6.45, 7) is 4.60. The number of aliphatic hydroxyl groups is 1. The van der Waals surface area contributed by atoms with Gasteiger partial charge in [0.15, 0.2) is 0 Å². The molecule has 2 atom stereocenters. The van der Waals surface area contributed by atoms with Gasteiger partial charge in [-0.15, -0.1) is 0 Å². The topological polar surface area (TPSA) is 58.3 Å². The average Bonchev–Trinajstić information content (AvgIpc) is 2.73. The molecule has 1 fully saturated rings. The minimum absolute atomic E-state index is 0.189. The van der Waals surface area contributed by atoms with E-state index in [4.69, 9.17) is 4.52 Å². The van der Waals surface area contributed by atoms with Crippen molar-refractivity contribution >= 4 is 0 Å². The molecule has 84 valence electrons. The third-order valence-electron chi connectivity index (χ3n) is 3.20. The summed E-state index contributed by atoms with van der Waals surface area (Å²) in [5.41, 5.74) is 2.06. The van der Waals surface area contributed by atoms with Crippen LogP contribution in [0.4, 0.5) is 0 Å². The normalized spacial score (nSPS) is 26.1. The summed E-state index contributed by atoms with van der Waals surface area (Å²) in [7, 11) is 0. The molecular formula is C11H18N2O2. The SMILES string of the molecule is Cc1noc(C)c1CN[C@@H]1CCC[C@H]1O. The van der Waals surface area contributed by atoms with Gasteiger partial charge in [-0.05, 0) is 33.1 Å². The van der Waals surface area contributed by atoms with Gasteiger partial charge in [0.2, 0.25) is 0 Å². The molecule has 0 amide bonds. The van der Waals surface area contributed by atoms with Crippen LogP contribution in [-0.4, -0.2) is 22.4 Å². The lowest BCUT2D eigenvalue weighted by molar-refractivity contribution is 0.148. The molecule has 2 rings (SSSR count). The van der Waals surface area contributed by atoms with E-state index >= 15 is 0 Å². The highest BCUT2D eigenvalue weighted by atomic mass is 16.5. The molecule has 0 radical (unpaired) electrons. The Balaban J connectivity index is 1.93. The van der Waals surface area contributed by atoms with Crippen LogP contribution in [0.15, 0.2) is 4.52 Å². The molecule has 0 bridgehead atoms. The Morgan fingerprint density at radius 2 is 2.27 bits per heavy atom. The first kappa shape index (κ1) is 10.6. The highest BCUT2D eigenvalue weighted by molar-refractivity contribution is 5.20. The van der Waals surface area contributed by atoms with Crippen molar-refractivity contribution in [1.82, 2.24) is 10.5 Å².